The Morgan fingerprint density at radius 3 is 1.32 bits per heavy atom. The van der Waals surface area contributed by atoms with Crippen LogP contribution in [-0.2, 0) is 84.3 Å². The molecule has 0 aliphatic rings. The maximum Gasteiger partial charge on any atom is 0 e. The van der Waals surface area contributed by atoms with Crippen LogP contribution in [0.5, 0.6) is 0 Å². The van der Waals surface area contributed by atoms with Crippen LogP contribution in [0.15, 0.2) is 40.0 Å². The zero-order chi connectivity index (χ0) is 25.7. The van der Waals surface area contributed by atoms with Crippen LogP contribution in [0.25, 0.3) is 4.91 Å². The second-order valence-corrected chi connectivity index (χ2v) is 12.3. The van der Waals surface area contributed by atoms with E-state index in [4.69, 9.17) is 50.5 Å². The van der Waals surface area contributed by atoms with Gasteiger partial charge in [0.05, 0.1) is 0 Å². The van der Waals surface area contributed by atoms with Crippen molar-refractivity contribution >= 4 is 55.4 Å². The average molecular weight is 574 g/mol. The molecule has 0 saturated carbocycles. The Morgan fingerprint density at radius 1 is 0.676 bits per heavy atom. The molecule has 5 heteroatoms. The largest absolute Gasteiger partial charge is 0.789 e. The molecule has 0 fully saturated rings. The number of benzene rings is 2. The van der Waals surface area contributed by atoms with Crippen molar-refractivity contribution in [3.05, 3.63) is 84.5 Å². The van der Waals surface area contributed by atoms with Crippen molar-refractivity contribution in [2.45, 2.75) is 86.5 Å². The molecule has 0 atom stereocenters. The van der Waals surface area contributed by atoms with Gasteiger partial charge < -0.3 is 50.5 Å². The van der Waals surface area contributed by atoms with Gasteiger partial charge in [-0.05, 0) is 89.5 Å². The van der Waals surface area contributed by atoms with Crippen molar-refractivity contribution in [2.24, 2.45) is 0 Å². The molecule has 0 unspecified atom stereocenters. The number of hydrogen-bond acceptors (Lipinski definition) is 4. The van der Waals surface area contributed by atoms with Crippen molar-refractivity contribution in [1.82, 2.24) is 0 Å². The maximum absolute atomic E-state index is 5.27. The zero-order valence-corrected chi connectivity index (χ0v) is 26.4. The van der Waals surface area contributed by atoms with Crippen LogP contribution in [0.2, 0.25) is 0 Å². The summed E-state index contributed by atoms with van der Waals surface area (Å²) in [4.78, 5) is 1.61. The van der Waals surface area contributed by atoms with E-state index in [1.54, 1.807) is 10.8 Å². The fraction of sp³-hybridized carbons (Fsp3) is 0.448. The molecule has 0 radical (unpaired) electrons. The fourth-order valence-electron chi connectivity index (χ4n) is 3.77. The van der Waals surface area contributed by atoms with Gasteiger partial charge in [-0.1, -0.05) is 65.8 Å². The molecular weight excluding hydrogens is 535 g/mol. The van der Waals surface area contributed by atoms with Crippen molar-refractivity contribution in [1.29, 1.82) is 0 Å². The van der Waals surface area contributed by atoms with Gasteiger partial charge in [0.25, 0.3) is 0 Å². The second kappa shape index (κ2) is 13.6. The van der Waals surface area contributed by atoms with E-state index < -0.39 is 0 Å². The summed E-state index contributed by atoms with van der Waals surface area (Å²) < 4.78 is 0. The fourth-order valence-corrected chi connectivity index (χ4v) is 4.43. The standard InChI is InChI=1S/C15H22S2.C14H20S2.Ni/c1-10-6-12(15(3,4)5)7-11(2)14(10)8-13(17)9-16;1-9-6-11(14(3,4)5)7-10(2)13(9)12(16)8-15;/h6-7,9,16-17H,8H2,1-5H3;6-8,15-16H,1-5H3;/p-4/b13-9-;12-8-;. The predicted octanol–water partition coefficient (Wildman–Crippen LogP) is 8.07. The molecule has 192 valence electrons. The van der Waals surface area contributed by atoms with Gasteiger partial charge in [0.15, 0.2) is 0 Å². The van der Waals surface area contributed by atoms with E-state index in [9.17, 15) is 0 Å². The van der Waals surface area contributed by atoms with E-state index in [2.05, 4.69) is 93.5 Å². The molecule has 34 heavy (non-hydrogen) atoms. The zero-order valence-electron chi connectivity index (χ0n) is 22.1. The third-order valence-electron chi connectivity index (χ3n) is 5.80. The first-order valence-corrected chi connectivity index (χ1v) is 13.0. The Hall–Kier alpha value is -0.706. The topological polar surface area (TPSA) is 0 Å². The Bertz CT molecular complexity index is 989. The molecular formula is C29H38NiS4-4. The number of aryl methyl sites for hydroxylation is 4. The Morgan fingerprint density at radius 2 is 1.03 bits per heavy atom. The molecule has 0 N–H and O–H groups in total. The van der Waals surface area contributed by atoms with Crippen molar-refractivity contribution in [3.63, 3.8) is 0 Å². The van der Waals surface area contributed by atoms with Gasteiger partial charge in [-0.2, -0.15) is 4.91 Å². The summed E-state index contributed by atoms with van der Waals surface area (Å²) >= 11 is 20.3. The molecule has 0 amide bonds. The average Bonchev–Trinajstić information content (AvgIpc) is 2.68. The Kier molecular flexibility index (Phi) is 13.3. The summed E-state index contributed by atoms with van der Waals surface area (Å²) in [6.07, 6.45) is 0.793. The summed E-state index contributed by atoms with van der Waals surface area (Å²) in [5.74, 6) is 0. The molecule has 0 heterocycles. The van der Waals surface area contributed by atoms with Crippen molar-refractivity contribution < 1.29 is 16.5 Å². The van der Waals surface area contributed by atoms with E-state index in [0.29, 0.717) is 0 Å². The minimum absolute atomic E-state index is 0. The first-order chi connectivity index (χ1) is 15.0. The summed E-state index contributed by atoms with van der Waals surface area (Å²) in [6.45, 7) is 21.9. The summed E-state index contributed by atoms with van der Waals surface area (Å²) in [7, 11) is 0. The van der Waals surface area contributed by atoms with Crippen molar-refractivity contribution in [3.8, 4) is 0 Å². The first-order valence-electron chi connectivity index (χ1n) is 11.2. The molecule has 0 spiro atoms. The molecule has 0 aliphatic heterocycles. The van der Waals surface area contributed by atoms with Crippen LogP contribution in [0.1, 0.15) is 86.1 Å². The predicted molar refractivity (Wildman–Crippen MR) is 158 cm³/mol. The van der Waals surface area contributed by atoms with Gasteiger partial charge in [0, 0.05) is 16.5 Å². The number of hydrogen-bond donors (Lipinski definition) is 0. The number of rotatable bonds is 3. The van der Waals surface area contributed by atoms with Gasteiger partial charge in [-0.15, -0.1) is 0 Å². The summed E-state index contributed by atoms with van der Waals surface area (Å²) in [6, 6.07) is 8.98. The molecule has 0 aromatic heterocycles. The normalized spacial score (nSPS) is 12.5. The smallest absolute Gasteiger partial charge is 0 e. The molecule has 2 rings (SSSR count). The van der Waals surface area contributed by atoms with E-state index >= 15 is 0 Å². The maximum atomic E-state index is 5.27. The van der Waals surface area contributed by atoms with Crippen LogP contribution >= 0.6 is 0 Å². The third-order valence-corrected chi connectivity index (χ3v) is 7.20. The molecule has 0 nitrogen and oxygen atoms in total. The van der Waals surface area contributed by atoms with Gasteiger partial charge in [-0.3, -0.25) is 0 Å². The van der Waals surface area contributed by atoms with Crippen LogP contribution in [0, 0.1) is 27.7 Å². The molecule has 2 aromatic carbocycles. The van der Waals surface area contributed by atoms with Crippen LogP contribution in [-0.4, -0.2) is 0 Å². The SMILES string of the molecule is Cc1cc(C(C)(C)C)cc(C)c1/C([S-])=C/[S-].Cc1cc(C(C)(C)C)cc(C)c1C/C([S-])=C/[S-].[Ni]. The van der Waals surface area contributed by atoms with E-state index in [0.717, 1.165) is 21.8 Å². The minimum Gasteiger partial charge on any atom is -0.789 e. The van der Waals surface area contributed by atoms with Crippen LogP contribution in [0.3, 0.4) is 0 Å². The van der Waals surface area contributed by atoms with Crippen molar-refractivity contribution in [2.75, 3.05) is 0 Å². The van der Waals surface area contributed by atoms with Gasteiger partial charge in [0.2, 0.25) is 0 Å². The van der Waals surface area contributed by atoms with Gasteiger partial charge >= 0.3 is 0 Å². The summed E-state index contributed by atoms with van der Waals surface area (Å²) in [5.41, 5.74) is 10.6. The van der Waals surface area contributed by atoms with E-state index in [1.807, 2.05) is 0 Å². The monoisotopic (exact) mass is 572 g/mol. The minimum atomic E-state index is 0. The third kappa shape index (κ3) is 9.39. The summed E-state index contributed by atoms with van der Waals surface area (Å²) in [5, 5.41) is 3.19. The quantitative estimate of drug-likeness (QED) is 0.269. The Labute approximate surface area is 241 Å². The van der Waals surface area contributed by atoms with Crippen LogP contribution < -0.4 is 0 Å². The van der Waals surface area contributed by atoms with E-state index in [1.165, 1.54) is 38.9 Å². The number of allylic oxidation sites excluding steroid dienone is 1. The van der Waals surface area contributed by atoms with Gasteiger partial charge in [-0.25, -0.2) is 15.7 Å². The van der Waals surface area contributed by atoms with E-state index in [-0.39, 0.29) is 27.3 Å². The van der Waals surface area contributed by atoms with Gasteiger partial charge in [0.1, 0.15) is 0 Å². The molecule has 0 aliphatic carbocycles. The Balaban J connectivity index is 0.000000623. The molecule has 0 saturated heterocycles. The second-order valence-electron chi connectivity index (χ2n) is 10.8. The molecule has 2 aromatic rings. The first kappa shape index (κ1) is 33.3. The van der Waals surface area contributed by atoms with Crippen LogP contribution in [0.4, 0.5) is 0 Å². The molecule has 0 bridgehead atoms.